The molecule has 4 nitrogen and oxygen atoms in total. The molecule has 0 fully saturated rings. The van der Waals surface area contributed by atoms with Crippen molar-refractivity contribution in [3.8, 4) is 0 Å². The minimum absolute atomic E-state index is 0.0931. The van der Waals surface area contributed by atoms with E-state index in [1.807, 2.05) is 0 Å². The van der Waals surface area contributed by atoms with Crippen molar-refractivity contribution >= 4 is 85.5 Å². The van der Waals surface area contributed by atoms with Gasteiger partial charge in [0.05, 0.1) is 31.5 Å². The minimum atomic E-state index is -3.10. The first-order valence-corrected chi connectivity index (χ1v) is 11.5. The summed E-state index contributed by atoms with van der Waals surface area (Å²) in [6, 6.07) is 6.32. The summed E-state index contributed by atoms with van der Waals surface area (Å²) >= 11 is 26.8. The SMILES string of the molecule is CN(C(=O)C(F)F)c1c(Cl)ccc(CBr)c1Cl.Cc1ccc(Cl)c(N(C)C(=O)C(F)F)c1Cl. The highest BCUT2D eigenvalue weighted by molar-refractivity contribution is 9.08. The first-order valence-electron chi connectivity index (χ1n) is 8.85. The Hall–Kier alpha value is -1.26. The van der Waals surface area contributed by atoms with Crippen LogP contribution in [-0.2, 0) is 14.9 Å². The van der Waals surface area contributed by atoms with Crippen molar-refractivity contribution in [1.29, 1.82) is 0 Å². The molecular formula is C20H17BrCl4F4N2O2. The lowest BCUT2D eigenvalue weighted by Gasteiger charge is -2.20. The Morgan fingerprint density at radius 1 is 0.818 bits per heavy atom. The van der Waals surface area contributed by atoms with Crippen LogP contribution in [0.3, 0.4) is 0 Å². The second-order valence-electron chi connectivity index (χ2n) is 6.43. The van der Waals surface area contributed by atoms with E-state index in [0.717, 1.165) is 9.80 Å². The average Bonchev–Trinajstić information content (AvgIpc) is 2.75. The second kappa shape index (κ2) is 13.0. The number of hydrogen-bond acceptors (Lipinski definition) is 2. The maximum absolute atomic E-state index is 12.3. The molecule has 2 rings (SSSR count). The predicted molar refractivity (Wildman–Crippen MR) is 129 cm³/mol. The molecule has 33 heavy (non-hydrogen) atoms. The van der Waals surface area contributed by atoms with Crippen LogP contribution in [0.1, 0.15) is 11.1 Å². The summed E-state index contributed by atoms with van der Waals surface area (Å²) in [5.41, 5.74) is 1.53. The van der Waals surface area contributed by atoms with Crippen molar-refractivity contribution in [2.45, 2.75) is 25.1 Å². The monoisotopic (exact) mass is 612 g/mol. The number of benzene rings is 2. The van der Waals surface area contributed by atoms with Crippen LogP contribution in [0.15, 0.2) is 24.3 Å². The van der Waals surface area contributed by atoms with Crippen LogP contribution in [0.25, 0.3) is 0 Å². The second-order valence-corrected chi connectivity index (χ2v) is 8.56. The van der Waals surface area contributed by atoms with Gasteiger partial charge in [-0.15, -0.1) is 0 Å². The van der Waals surface area contributed by atoms with E-state index >= 15 is 0 Å². The molecule has 0 aliphatic heterocycles. The molecular weight excluding hydrogens is 598 g/mol. The number of alkyl halides is 5. The fraction of sp³-hybridized carbons (Fsp3) is 0.300. The number of halogens is 9. The number of nitrogens with zero attached hydrogens (tertiary/aromatic N) is 2. The molecule has 2 aromatic carbocycles. The fourth-order valence-electron chi connectivity index (χ4n) is 2.46. The van der Waals surface area contributed by atoms with Crippen LogP contribution >= 0.6 is 62.3 Å². The van der Waals surface area contributed by atoms with E-state index in [1.165, 1.54) is 26.2 Å². The molecule has 13 heteroatoms. The van der Waals surface area contributed by atoms with E-state index < -0.39 is 24.7 Å². The van der Waals surface area contributed by atoms with Gasteiger partial charge in [0, 0.05) is 19.4 Å². The van der Waals surface area contributed by atoms with E-state index in [4.69, 9.17) is 46.4 Å². The Morgan fingerprint density at radius 2 is 1.21 bits per heavy atom. The van der Waals surface area contributed by atoms with Crippen LogP contribution in [0, 0.1) is 6.92 Å². The van der Waals surface area contributed by atoms with Crippen LogP contribution in [0.2, 0.25) is 20.1 Å². The summed E-state index contributed by atoms with van der Waals surface area (Å²) in [5, 5.41) is 1.13. The Labute approximate surface area is 216 Å². The molecule has 0 saturated heterocycles. The molecule has 0 radical (unpaired) electrons. The largest absolute Gasteiger partial charge is 0.316 e. The zero-order valence-corrected chi connectivity index (χ0v) is 21.9. The quantitative estimate of drug-likeness (QED) is 0.256. The van der Waals surface area contributed by atoms with E-state index in [0.29, 0.717) is 16.5 Å². The number of rotatable bonds is 5. The molecule has 0 spiro atoms. The van der Waals surface area contributed by atoms with E-state index in [2.05, 4.69) is 15.9 Å². The van der Waals surface area contributed by atoms with Gasteiger partial charge < -0.3 is 9.80 Å². The van der Waals surface area contributed by atoms with Crippen LogP contribution in [0.4, 0.5) is 28.9 Å². The summed E-state index contributed by atoms with van der Waals surface area (Å²) < 4.78 is 49.1. The predicted octanol–water partition coefficient (Wildman–Crippen LogP) is 7.65. The normalized spacial score (nSPS) is 10.7. The van der Waals surface area contributed by atoms with E-state index in [-0.39, 0.29) is 31.5 Å². The third-order valence-corrected chi connectivity index (χ3v) is 6.37. The number of hydrogen-bond donors (Lipinski definition) is 0. The van der Waals surface area contributed by atoms with Crippen molar-refractivity contribution < 1.29 is 27.2 Å². The standard InChI is InChI=1S/C10H8BrCl2F2NO.C10H9Cl2F2NO/c1-16(10(17)9(14)15)8-6(12)3-2-5(4-11)7(8)13;1-5-3-4-6(11)8(7(5)12)15(2)10(16)9(13)14/h2-3,9H,4H2,1H3;3-4,9H,1-2H3. The molecule has 0 aliphatic rings. The maximum atomic E-state index is 12.3. The highest BCUT2D eigenvalue weighted by Gasteiger charge is 2.26. The topological polar surface area (TPSA) is 40.6 Å². The summed E-state index contributed by atoms with van der Waals surface area (Å²) in [5.74, 6) is -2.69. The average molecular weight is 615 g/mol. The smallest absolute Gasteiger partial charge is 0.308 e. The van der Waals surface area contributed by atoms with Gasteiger partial charge in [0.15, 0.2) is 0 Å². The Morgan fingerprint density at radius 3 is 1.61 bits per heavy atom. The zero-order chi connectivity index (χ0) is 25.6. The number of amides is 2. The van der Waals surface area contributed by atoms with Crippen LogP contribution < -0.4 is 9.80 Å². The van der Waals surface area contributed by atoms with Gasteiger partial charge in [0.25, 0.3) is 11.8 Å². The summed E-state index contributed by atoms with van der Waals surface area (Å²) in [6.45, 7) is 1.70. The number of aryl methyl sites for hydroxylation is 1. The highest BCUT2D eigenvalue weighted by atomic mass is 79.9. The molecule has 0 heterocycles. The van der Waals surface area contributed by atoms with Crippen molar-refractivity contribution in [3.05, 3.63) is 55.5 Å². The van der Waals surface area contributed by atoms with Gasteiger partial charge in [-0.05, 0) is 30.2 Å². The maximum Gasteiger partial charge on any atom is 0.316 e. The molecule has 2 aromatic rings. The molecule has 0 aromatic heterocycles. The van der Waals surface area contributed by atoms with Crippen molar-refractivity contribution in [3.63, 3.8) is 0 Å². The van der Waals surface area contributed by atoms with Crippen LogP contribution in [0.5, 0.6) is 0 Å². The fourth-order valence-corrected chi connectivity index (χ4v) is 4.40. The highest BCUT2D eigenvalue weighted by Crippen LogP contribution is 2.37. The first-order chi connectivity index (χ1) is 15.3. The molecule has 0 bridgehead atoms. The van der Waals surface area contributed by atoms with Gasteiger partial charge >= 0.3 is 12.9 Å². The summed E-state index contributed by atoms with van der Waals surface area (Å²) in [4.78, 5) is 23.8. The molecule has 2 amide bonds. The summed E-state index contributed by atoms with van der Waals surface area (Å²) in [7, 11) is 2.42. The lowest BCUT2D eigenvalue weighted by molar-refractivity contribution is -0.129. The number of anilines is 2. The molecule has 0 atom stereocenters. The Bertz CT molecular complexity index is 1030. The van der Waals surface area contributed by atoms with Crippen molar-refractivity contribution in [2.24, 2.45) is 0 Å². The van der Waals surface area contributed by atoms with Gasteiger partial charge in [-0.25, -0.2) is 0 Å². The molecule has 182 valence electrons. The van der Waals surface area contributed by atoms with Gasteiger partial charge in [-0.1, -0.05) is 74.5 Å². The third-order valence-electron chi connectivity index (χ3n) is 4.26. The van der Waals surface area contributed by atoms with Gasteiger partial charge in [0.1, 0.15) is 0 Å². The van der Waals surface area contributed by atoms with Crippen LogP contribution in [-0.4, -0.2) is 38.8 Å². The molecule has 0 saturated carbocycles. The Balaban J connectivity index is 0.000000331. The number of carbonyl (C=O) groups excluding carboxylic acids is 2. The number of carbonyl (C=O) groups is 2. The lowest BCUT2D eigenvalue weighted by atomic mass is 10.2. The van der Waals surface area contributed by atoms with Gasteiger partial charge in [-0.3, -0.25) is 9.59 Å². The third kappa shape index (κ3) is 7.36. The van der Waals surface area contributed by atoms with Crippen molar-refractivity contribution in [2.75, 3.05) is 23.9 Å². The van der Waals surface area contributed by atoms with Gasteiger partial charge in [-0.2, -0.15) is 17.6 Å². The molecule has 0 N–H and O–H groups in total. The van der Waals surface area contributed by atoms with E-state index in [9.17, 15) is 27.2 Å². The lowest BCUT2D eigenvalue weighted by Crippen LogP contribution is -2.32. The van der Waals surface area contributed by atoms with Gasteiger partial charge in [0.2, 0.25) is 0 Å². The van der Waals surface area contributed by atoms with E-state index in [1.54, 1.807) is 19.1 Å². The first kappa shape index (κ1) is 29.8. The molecule has 0 unspecified atom stereocenters. The summed E-state index contributed by atoms with van der Waals surface area (Å²) in [6.07, 6.45) is -6.18. The van der Waals surface area contributed by atoms with Crippen molar-refractivity contribution in [1.82, 2.24) is 0 Å². The minimum Gasteiger partial charge on any atom is -0.308 e. The Kier molecular flexibility index (Phi) is 11.7. The zero-order valence-electron chi connectivity index (χ0n) is 17.3. The molecule has 0 aliphatic carbocycles.